The fourth-order valence-corrected chi connectivity index (χ4v) is 3.03. The quantitative estimate of drug-likeness (QED) is 0.283. The Balaban J connectivity index is 0.000000647. The number of hydrogen-bond donors (Lipinski definition) is 0. The zero-order valence-electron chi connectivity index (χ0n) is 15.3. The molecule has 2 aromatic rings. The molecule has 3 heteroatoms. The summed E-state index contributed by atoms with van der Waals surface area (Å²) in [6.45, 7) is 13.6. The van der Waals surface area contributed by atoms with Crippen LogP contribution in [0.15, 0.2) is 30.3 Å². The molecule has 1 aliphatic carbocycles. The maximum atomic E-state index is 4.89. The number of hydrogen-bond acceptors (Lipinski definition) is 0. The van der Waals surface area contributed by atoms with Gasteiger partial charge in [-0.15, -0.1) is 11.1 Å². The molecule has 128 valence electrons. The number of rotatable bonds is 0. The average Bonchev–Trinajstić information content (AvgIpc) is 2.82. The first-order valence-electron chi connectivity index (χ1n) is 8.23. The van der Waals surface area contributed by atoms with Crippen LogP contribution in [-0.2, 0) is 34.3 Å². The third-order valence-electron chi connectivity index (χ3n) is 4.46. The molecule has 24 heavy (non-hydrogen) atoms. The van der Waals surface area contributed by atoms with Gasteiger partial charge in [0, 0.05) is 0 Å². The van der Waals surface area contributed by atoms with Crippen molar-refractivity contribution in [2.24, 2.45) is 0 Å². The second-order valence-electron chi connectivity index (χ2n) is 8.38. The molecule has 2 aromatic carbocycles. The Morgan fingerprint density at radius 2 is 1.46 bits per heavy atom. The molecule has 0 saturated carbocycles. The summed E-state index contributed by atoms with van der Waals surface area (Å²) in [7, 11) is 9.78. The van der Waals surface area contributed by atoms with Crippen LogP contribution in [0.5, 0.6) is 0 Å². The Morgan fingerprint density at radius 1 is 0.875 bits per heavy atom. The van der Waals surface area contributed by atoms with Crippen LogP contribution in [0.1, 0.15) is 63.8 Å². The van der Waals surface area contributed by atoms with Gasteiger partial charge in [0.25, 0.3) is 0 Å². The van der Waals surface area contributed by atoms with Gasteiger partial charge in [0.05, 0.1) is 0 Å². The maximum absolute atomic E-state index is 4.89. The molecule has 1 aliphatic rings. The van der Waals surface area contributed by atoms with E-state index in [4.69, 9.17) is 18.6 Å². The van der Waals surface area contributed by atoms with Gasteiger partial charge in [-0.05, 0) is 28.4 Å². The van der Waals surface area contributed by atoms with Gasteiger partial charge < -0.3 is 0 Å². The van der Waals surface area contributed by atoms with Crippen molar-refractivity contribution in [1.82, 2.24) is 0 Å². The van der Waals surface area contributed by atoms with E-state index < -0.39 is 17.0 Å². The van der Waals surface area contributed by atoms with Gasteiger partial charge in [0.1, 0.15) is 0 Å². The summed E-state index contributed by atoms with van der Waals surface area (Å²) in [6, 6.07) is 15.2. The van der Waals surface area contributed by atoms with Crippen LogP contribution >= 0.6 is 18.6 Å². The minimum atomic E-state index is -0.556. The van der Waals surface area contributed by atoms with Gasteiger partial charge >= 0.3 is 35.6 Å². The van der Waals surface area contributed by atoms with Crippen LogP contribution in [0.3, 0.4) is 0 Å². The van der Waals surface area contributed by atoms with Crippen LogP contribution in [0.2, 0.25) is 0 Å². The van der Waals surface area contributed by atoms with Gasteiger partial charge in [-0.3, -0.25) is 0 Å². The first-order chi connectivity index (χ1) is 11.1. The Hall–Kier alpha value is -0.266. The Morgan fingerprint density at radius 3 is 2.00 bits per heavy atom. The van der Waals surface area contributed by atoms with E-state index in [9.17, 15) is 0 Å². The van der Waals surface area contributed by atoms with Crippen molar-refractivity contribution in [3.63, 3.8) is 0 Å². The third kappa shape index (κ3) is 4.47. The van der Waals surface area contributed by atoms with Gasteiger partial charge in [-0.2, -0.15) is 23.8 Å². The van der Waals surface area contributed by atoms with E-state index in [0.717, 1.165) is 6.42 Å². The first kappa shape index (κ1) is 20.1. The number of benzene rings is 2. The summed E-state index contributed by atoms with van der Waals surface area (Å²) < 4.78 is 0. The molecule has 0 aromatic heterocycles. The molecule has 0 amide bonds. The topological polar surface area (TPSA) is 0 Å². The predicted molar refractivity (Wildman–Crippen MR) is 103 cm³/mol. The third-order valence-corrected chi connectivity index (χ3v) is 4.46. The van der Waals surface area contributed by atoms with E-state index in [2.05, 4.69) is 77.9 Å². The summed E-state index contributed by atoms with van der Waals surface area (Å²) in [5.41, 5.74) is 8.70. The summed E-state index contributed by atoms with van der Waals surface area (Å²) in [5.74, 6) is 0. The zero-order valence-corrected chi connectivity index (χ0v) is 18.4. The Kier molecular flexibility index (Phi) is 6.30. The second kappa shape index (κ2) is 7.54. The molecule has 0 bridgehead atoms. The fraction of sp³-hybridized carbons (Fsp3) is 0.429. The second-order valence-corrected chi connectivity index (χ2v) is 11.0. The molecule has 0 N–H and O–H groups in total. The summed E-state index contributed by atoms with van der Waals surface area (Å²) in [6.07, 6.45) is 1.03. The molecule has 0 aliphatic heterocycles. The van der Waals surface area contributed by atoms with E-state index in [1.54, 1.807) is 0 Å². The van der Waals surface area contributed by atoms with E-state index in [-0.39, 0.29) is 10.8 Å². The van der Waals surface area contributed by atoms with Crippen LogP contribution < -0.4 is 0 Å². The summed E-state index contributed by atoms with van der Waals surface area (Å²) in [4.78, 5) is 0. The number of fused-ring (bicyclic) bond motifs is 3. The molecule has 0 fully saturated rings. The normalized spacial score (nSPS) is 12.8. The first-order valence-corrected chi connectivity index (χ1v) is 12.5. The van der Waals surface area contributed by atoms with E-state index in [1.807, 2.05) is 0 Å². The monoisotopic (exact) mass is 395 g/mol. The standard InChI is InChI=1S/C21H25.2ClH.Ti/c1-20(2,3)16-7-9-18-14(12-16)11-15-13-17(21(4,5)6)8-10-19(15)18;;;/h7-10,12H,11H2,1-6H3;2*1H;/q-1;;;+2/p-2. The van der Waals surface area contributed by atoms with E-state index >= 15 is 0 Å². The molecule has 0 heterocycles. The molecule has 3 rings (SSSR count). The molecule has 0 saturated heterocycles. The van der Waals surface area contributed by atoms with Crippen LogP contribution in [-0.4, -0.2) is 0 Å². The van der Waals surface area contributed by atoms with Crippen molar-refractivity contribution in [2.75, 3.05) is 0 Å². The predicted octanol–water partition coefficient (Wildman–Crippen LogP) is 7.03. The Labute approximate surface area is 163 Å². The van der Waals surface area contributed by atoms with Crippen molar-refractivity contribution < 1.29 is 17.0 Å². The number of halogens is 2. The summed E-state index contributed by atoms with van der Waals surface area (Å²) in [5, 5.41) is 0. The molecule has 0 spiro atoms. The van der Waals surface area contributed by atoms with Gasteiger partial charge in [0.15, 0.2) is 0 Å². The molecular formula is C21H25Cl2Ti-. The van der Waals surface area contributed by atoms with Crippen molar-refractivity contribution in [3.05, 3.63) is 58.7 Å². The van der Waals surface area contributed by atoms with E-state index in [1.165, 1.54) is 33.4 Å². The van der Waals surface area contributed by atoms with Crippen LogP contribution in [0.25, 0.3) is 11.1 Å². The SMILES string of the molecule is CC(C)(C)c1[c-]c2c(cc1)-c1ccc(C(C)(C)C)cc1C2.[Cl][Ti][Cl]. The van der Waals surface area contributed by atoms with Crippen molar-refractivity contribution in [2.45, 2.75) is 58.8 Å². The molecular weight excluding hydrogens is 371 g/mol. The van der Waals surface area contributed by atoms with Crippen LogP contribution in [0, 0.1) is 6.07 Å². The molecule has 0 radical (unpaired) electrons. The fourth-order valence-electron chi connectivity index (χ4n) is 3.03. The van der Waals surface area contributed by atoms with Crippen molar-refractivity contribution in [3.8, 4) is 11.1 Å². The van der Waals surface area contributed by atoms with Crippen LogP contribution in [0.4, 0.5) is 0 Å². The van der Waals surface area contributed by atoms with Crippen molar-refractivity contribution >= 4 is 18.6 Å². The Bertz CT molecular complexity index is 660. The minimum absolute atomic E-state index is 0.167. The molecule has 0 nitrogen and oxygen atoms in total. The molecule has 0 atom stereocenters. The van der Waals surface area contributed by atoms with Gasteiger partial charge in [-0.25, -0.2) is 0 Å². The van der Waals surface area contributed by atoms with Crippen molar-refractivity contribution in [1.29, 1.82) is 0 Å². The molecule has 0 unspecified atom stereocenters. The van der Waals surface area contributed by atoms with Gasteiger partial charge in [-0.1, -0.05) is 65.3 Å². The van der Waals surface area contributed by atoms with E-state index in [0.29, 0.717) is 0 Å². The zero-order chi connectivity index (χ0) is 18.1. The summed E-state index contributed by atoms with van der Waals surface area (Å²) >= 11 is -0.556. The average molecular weight is 396 g/mol. The van der Waals surface area contributed by atoms with Gasteiger partial charge in [0.2, 0.25) is 0 Å².